The number of carbonyl (C=O) groups is 1. The Labute approximate surface area is 128 Å². The van der Waals surface area contributed by atoms with Crippen LogP contribution in [0.15, 0.2) is 18.2 Å². The van der Waals surface area contributed by atoms with Gasteiger partial charge in [0.1, 0.15) is 5.75 Å². The molecule has 20 heavy (non-hydrogen) atoms. The molecule has 3 N–H and O–H groups in total. The van der Waals surface area contributed by atoms with Crippen molar-refractivity contribution in [3.05, 3.63) is 28.2 Å². The molecule has 1 amide bonds. The van der Waals surface area contributed by atoms with Gasteiger partial charge in [-0.15, -0.1) is 0 Å². The van der Waals surface area contributed by atoms with Crippen LogP contribution >= 0.6 is 23.2 Å². The van der Waals surface area contributed by atoms with Gasteiger partial charge in [-0.2, -0.15) is 0 Å². The largest absolute Gasteiger partial charge is 0.484 e. The van der Waals surface area contributed by atoms with Crippen molar-refractivity contribution in [3.8, 4) is 5.75 Å². The van der Waals surface area contributed by atoms with Crippen molar-refractivity contribution >= 4 is 29.1 Å². The number of halogens is 2. The third-order valence-corrected chi connectivity index (χ3v) is 3.95. The molecule has 1 aliphatic carbocycles. The van der Waals surface area contributed by atoms with Gasteiger partial charge in [-0.25, -0.2) is 0 Å². The smallest absolute Gasteiger partial charge is 0.258 e. The first-order valence-corrected chi connectivity index (χ1v) is 7.42. The zero-order valence-corrected chi connectivity index (χ0v) is 12.6. The second kappa shape index (κ2) is 7.16. The van der Waals surface area contributed by atoms with E-state index >= 15 is 0 Å². The van der Waals surface area contributed by atoms with E-state index in [4.69, 9.17) is 33.7 Å². The van der Waals surface area contributed by atoms with Gasteiger partial charge in [0.15, 0.2) is 6.61 Å². The first-order chi connectivity index (χ1) is 9.58. The van der Waals surface area contributed by atoms with Crippen molar-refractivity contribution in [3.63, 3.8) is 0 Å². The maximum atomic E-state index is 11.9. The quantitative estimate of drug-likeness (QED) is 0.877. The van der Waals surface area contributed by atoms with Crippen LogP contribution in [0.25, 0.3) is 0 Å². The molecule has 0 bridgehead atoms. The second-order valence-corrected chi connectivity index (χ2v) is 5.87. The van der Waals surface area contributed by atoms with Crippen LogP contribution in [0.4, 0.5) is 0 Å². The number of hydrogen-bond acceptors (Lipinski definition) is 3. The minimum Gasteiger partial charge on any atom is -0.484 e. The molecule has 2 unspecified atom stereocenters. The summed E-state index contributed by atoms with van der Waals surface area (Å²) >= 11 is 11.7. The third kappa shape index (κ3) is 4.27. The van der Waals surface area contributed by atoms with Crippen molar-refractivity contribution in [2.24, 2.45) is 11.7 Å². The zero-order valence-electron chi connectivity index (χ0n) is 11.1. The monoisotopic (exact) mass is 316 g/mol. The predicted octanol–water partition coefficient (Wildman–Crippen LogP) is 2.62. The number of nitrogens with one attached hydrogen (secondary N) is 1. The maximum Gasteiger partial charge on any atom is 0.258 e. The van der Waals surface area contributed by atoms with E-state index in [1.807, 2.05) is 0 Å². The van der Waals surface area contributed by atoms with Crippen LogP contribution in [0.1, 0.15) is 19.3 Å². The van der Waals surface area contributed by atoms with Crippen molar-refractivity contribution < 1.29 is 9.53 Å². The van der Waals surface area contributed by atoms with Gasteiger partial charge < -0.3 is 15.8 Å². The van der Waals surface area contributed by atoms with Gasteiger partial charge in [0.25, 0.3) is 5.91 Å². The Kier molecular flexibility index (Phi) is 5.52. The van der Waals surface area contributed by atoms with Crippen LogP contribution in [0.2, 0.25) is 10.0 Å². The Morgan fingerprint density at radius 1 is 1.30 bits per heavy atom. The first kappa shape index (κ1) is 15.4. The van der Waals surface area contributed by atoms with E-state index in [1.54, 1.807) is 18.2 Å². The number of ether oxygens (including phenoxy) is 1. The summed E-state index contributed by atoms with van der Waals surface area (Å²) in [6.07, 6.45) is 3.17. The fourth-order valence-corrected chi connectivity index (χ4v) is 3.02. The second-order valence-electron chi connectivity index (χ2n) is 4.99. The summed E-state index contributed by atoms with van der Waals surface area (Å²) in [6, 6.07) is 5.03. The van der Waals surface area contributed by atoms with Crippen molar-refractivity contribution in [1.82, 2.24) is 5.32 Å². The molecule has 0 saturated heterocycles. The number of nitrogens with two attached hydrogens (primary N) is 1. The highest BCUT2D eigenvalue weighted by atomic mass is 35.5. The Balaban J connectivity index is 1.83. The molecule has 0 spiro atoms. The molecule has 1 aliphatic rings. The van der Waals surface area contributed by atoms with Gasteiger partial charge in [0, 0.05) is 16.1 Å². The molecule has 1 fully saturated rings. The maximum absolute atomic E-state index is 11.9. The molecule has 2 rings (SSSR count). The highest BCUT2D eigenvalue weighted by Crippen LogP contribution is 2.25. The van der Waals surface area contributed by atoms with Gasteiger partial charge >= 0.3 is 0 Å². The summed E-state index contributed by atoms with van der Waals surface area (Å²) in [5.74, 6) is 0.713. The van der Waals surface area contributed by atoms with E-state index in [-0.39, 0.29) is 18.6 Å². The summed E-state index contributed by atoms with van der Waals surface area (Å²) in [5, 5.41) is 3.93. The fraction of sp³-hybridized carbons (Fsp3) is 0.500. The summed E-state index contributed by atoms with van der Waals surface area (Å²) in [7, 11) is 0. The first-order valence-electron chi connectivity index (χ1n) is 6.67. The Morgan fingerprint density at radius 2 is 2.00 bits per heavy atom. The van der Waals surface area contributed by atoms with Crippen LogP contribution in [-0.4, -0.2) is 25.1 Å². The molecule has 1 aromatic carbocycles. The standard InChI is InChI=1S/C14H18Cl2N2O2/c15-10-4-11(16)6-12(5-10)20-8-14(19)18-13-3-1-2-9(13)7-17/h4-6,9,13H,1-3,7-8,17H2,(H,18,19). The molecule has 0 radical (unpaired) electrons. The van der Waals surface area contributed by atoms with E-state index in [2.05, 4.69) is 5.32 Å². The molecule has 1 saturated carbocycles. The number of benzene rings is 1. The average molecular weight is 317 g/mol. The lowest BCUT2D eigenvalue weighted by Gasteiger charge is -2.19. The SMILES string of the molecule is NCC1CCCC1NC(=O)COc1cc(Cl)cc(Cl)c1. The molecular weight excluding hydrogens is 299 g/mol. The number of carbonyl (C=O) groups excluding carboxylic acids is 1. The lowest BCUT2D eigenvalue weighted by molar-refractivity contribution is -0.124. The summed E-state index contributed by atoms with van der Waals surface area (Å²) in [6.45, 7) is 0.556. The van der Waals surface area contributed by atoms with Gasteiger partial charge in [-0.3, -0.25) is 4.79 Å². The Hall–Kier alpha value is -0.970. The molecule has 6 heteroatoms. The highest BCUT2D eigenvalue weighted by Gasteiger charge is 2.27. The van der Waals surface area contributed by atoms with E-state index in [1.165, 1.54) is 0 Å². The van der Waals surface area contributed by atoms with Crippen LogP contribution in [0.5, 0.6) is 5.75 Å². The van der Waals surface area contributed by atoms with Gasteiger partial charge in [0.05, 0.1) is 0 Å². The van der Waals surface area contributed by atoms with Gasteiger partial charge in [0.2, 0.25) is 0 Å². The molecule has 4 nitrogen and oxygen atoms in total. The molecule has 0 aromatic heterocycles. The van der Waals surface area contributed by atoms with E-state index < -0.39 is 0 Å². The van der Waals surface area contributed by atoms with Crippen LogP contribution in [0, 0.1) is 5.92 Å². The topological polar surface area (TPSA) is 64.3 Å². The van der Waals surface area contributed by atoms with E-state index in [0.717, 1.165) is 19.3 Å². The molecule has 2 atom stereocenters. The Morgan fingerprint density at radius 3 is 2.65 bits per heavy atom. The molecule has 110 valence electrons. The fourth-order valence-electron chi connectivity index (χ4n) is 2.52. The third-order valence-electron chi connectivity index (χ3n) is 3.51. The lowest BCUT2D eigenvalue weighted by atomic mass is 10.0. The zero-order chi connectivity index (χ0) is 14.5. The average Bonchev–Trinajstić information content (AvgIpc) is 2.82. The number of hydrogen-bond donors (Lipinski definition) is 2. The van der Waals surface area contributed by atoms with Crippen molar-refractivity contribution in [2.75, 3.05) is 13.2 Å². The van der Waals surface area contributed by atoms with Crippen LogP contribution in [0.3, 0.4) is 0 Å². The van der Waals surface area contributed by atoms with Gasteiger partial charge in [-0.1, -0.05) is 29.6 Å². The van der Waals surface area contributed by atoms with Crippen LogP contribution < -0.4 is 15.8 Å². The molecule has 0 aliphatic heterocycles. The van der Waals surface area contributed by atoms with Crippen LogP contribution in [-0.2, 0) is 4.79 Å². The Bertz CT molecular complexity index is 462. The minimum absolute atomic E-state index is 0.0511. The molecule has 0 heterocycles. The highest BCUT2D eigenvalue weighted by molar-refractivity contribution is 6.34. The summed E-state index contributed by atoms with van der Waals surface area (Å²) in [4.78, 5) is 11.9. The van der Waals surface area contributed by atoms with E-state index in [9.17, 15) is 4.79 Å². The number of rotatable bonds is 5. The van der Waals surface area contributed by atoms with Crippen molar-refractivity contribution in [2.45, 2.75) is 25.3 Å². The summed E-state index contributed by atoms with van der Waals surface area (Å²) < 4.78 is 5.40. The lowest BCUT2D eigenvalue weighted by Crippen LogP contribution is -2.42. The number of amides is 1. The predicted molar refractivity (Wildman–Crippen MR) is 80.3 cm³/mol. The normalized spacial score (nSPS) is 21.8. The van der Waals surface area contributed by atoms with E-state index in [0.29, 0.717) is 28.3 Å². The minimum atomic E-state index is -0.147. The molecule has 1 aromatic rings. The molecular formula is C14H18Cl2N2O2. The van der Waals surface area contributed by atoms with Crippen molar-refractivity contribution in [1.29, 1.82) is 0 Å². The van der Waals surface area contributed by atoms with Gasteiger partial charge in [-0.05, 0) is 43.5 Å². The summed E-state index contributed by atoms with van der Waals surface area (Å²) in [5.41, 5.74) is 5.69.